The molecule has 1 amide bonds. The quantitative estimate of drug-likeness (QED) is 0.424. The molecule has 0 bridgehead atoms. The Hall–Kier alpha value is -2.15. The molecule has 1 aromatic heterocycles. The predicted molar refractivity (Wildman–Crippen MR) is 120 cm³/mol. The van der Waals surface area contributed by atoms with Gasteiger partial charge in [-0.1, -0.05) is 39.7 Å². The lowest BCUT2D eigenvalue weighted by atomic mass is 9.98. The van der Waals surface area contributed by atoms with Crippen molar-refractivity contribution in [1.82, 2.24) is 4.90 Å². The number of nitrogens with zero attached hydrogens (tertiary/aromatic N) is 1. The number of hydrogen-bond acceptors (Lipinski definition) is 4. The summed E-state index contributed by atoms with van der Waals surface area (Å²) in [5, 5.41) is 0.819. The highest BCUT2D eigenvalue weighted by molar-refractivity contribution is 9.10. The highest BCUT2D eigenvalue weighted by Gasteiger charge is 2.42. The summed E-state index contributed by atoms with van der Waals surface area (Å²) in [6.45, 7) is 4.92. The lowest BCUT2D eigenvalue weighted by molar-refractivity contribution is 0.0593. The molecule has 5 nitrogen and oxygen atoms in total. The summed E-state index contributed by atoms with van der Waals surface area (Å²) in [6, 6.07) is 12.0. The van der Waals surface area contributed by atoms with Gasteiger partial charge >= 0.3 is 0 Å². The van der Waals surface area contributed by atoms with Gasteiger partial charge in [0.15, 0.2) is 5.43 Å². The lowest BCUT2D eigenvalue weighted by Crippen LogP contribution is -2.31. The number of amides is 1. The van der Waals surface area contributed by atoms with Crippen LogP contribution in [0.4, 0.5) is 0 Å². The molecule has 4 rings (SSSR count). The third kappa shape index (κ3) is 3.92. The van der Waals surface area contributed by atoms with Gasteiger partial charge in [-0.15, -0.1) is 0 Å². The van der Waals surface area contributed by atoms with Gasteiger partial charge in [0.25, 0.3) is 5.91 Å². The predicted octanol–water partition coefficient (Wildman–Crippen LogP) is 5.57. The molecular weight excluding hydrogens is 470 g/mol. The van der Waals surface area contributed by atoms with Crippen LogP contribution in [0.5, 0.6) is 0 Å². The summed E-state index contributed by atoms with van der Waals surface area (Å²) in [5.41, 5.74) is 1.33. The second kappa shape index (κ2) is 8.53. The van der Waals surface area contributed by atoms with Crippen LogP contribution in [0.1, 0.15) is 48.0 Å². The Labute approximate surface area is 187 Å². The highest BCUT2D eigenvalue weighted by atomic mass is 79.9. The minimum absolute atomic E-state index is 0.101. The van der Waals surface area contributed by atoms with Crippen molar-refractivity contribution in [2.24, 2.45) is 0 Å². The third-order valence-corrected chi connectivity index (χ3v) is 5.82. The number of halogens is 2. The number of fused-ring (bicyclic) bond motifs is 2. The van der Waals surface area contributed by atoms with Crippen molar-refractivity contribution in [2.45, 2.75) is 32.4 Å². The van der Waals surface area contributed by atoms with E-state index in [-0.39, 0.29) is 23.2 Å². The van der Waals surface area contributed by atoms with Crippen LogP contribution in [-0.4, -0.2) is 30.1 Å². The Morgan fingerprint density at radius 1 is 1.20 bits per heavy atom. The van der Waals surface area contributed by atoms with Gasteiger partial charge in [0.1, 0.15) is 5.58 Å². The molecule has 1 atom stereocenters. The zero-order valence-corrected chi connectivity index (χ0v) is 19.0. The van der Waals surface area contributed by atoms with Crippen molar-refractivity contribution >= 4 is 44.4 Å². The SMILES string of the molecule is CC(C)OCCCN1C(=O)c2oc3ccc(Cl)cc3c(=O)c2[C@@H]1c1cccc(Br)c1. The molecule has 0 aliphatic carbocycles. The minimum Gasteiger partial charge on any atom is -0.450 e. The van der Waals surface area contributed by atoms with E-state index in [1.165, 1.54) is 0 Å². The summed E-state index contributed by atoms with van der Waals surface area (Å²) < 4.78 is 12.4. The van der Waals surface area contributed by atoms with Crippen LogP contribution in [0.25, 0.3) is 11.0 Å². The Kier molecular flexibility index (Phi) is 6.00. The Morgan fingerprint density at radius 2 is 2.00 bits per heavy atom. The number of rotatable bonds is 6. The monoisotopic (exact) mass is 489 g/mol. The largest absolute Gasteiger partial charge is 0.450 e. The van der Waals surface area contributed by atoms with Gasteiger partial charge in [0, 0.05) is 22.6 Å². The van der Waals surface area contributed by atoms with Gasteiger partial charge < -0.3 is 14.1 Å². The summed E-state index contributed by atoms with van der Waals surface area (Å²) in [5.74, 6) is -0.182. The first-order valence-corrected chi connectivity index (χ1v) is 11.0. The lowest BCUT2D eigenvalue weighted by Gasteiger charge is -2.25. The van der Waals surface area contributed by atoms with E-state index in [0.29, 0.717) is 41.1 Å². The fourth-order valence-corrected chi connectivity index (χ4v) is 4.39. The first-order chi connectivity index (χ1) is 14.4. The van der Waals surface area contributed by atoms with E-state index in [4.69, 9.17) is 20.8 Å². The van der Waals surface area contributed by atoms with E-state index in [9.17, 15) is 9.59 Å². The average molecular weight is 491 g/mol. The van der Waals surface area contributed by atoms with E-state index in [2.05, 4.69) is 15.9 Å². The first-order valence-electron chi connectivity index (χ1n) is 9.81. The van der Waals surface area contributed by atoms with Crippen molar-refractivity contribution in [3.8, 4) is 0 Å². The van der Waals surface area contributed by atoms with Crippen LogP contribution in [-0.2, 0) is 4.74 Å². The number of hydrogen-bond donors (Lipinski definition) is 0. The van der Waals surface area contributed by atoms with E-state index < -0.39 is 6.04 Å². The molecule has 7 heteroatoms. The molecule has 2 heterocycles. The van der Waals surface area contributed by atoms with Crippen molar-refractivity contribution in [2.75, 3.05) is 13.2 Å². The van der Waals surface area contributed by atoms with E-state index in [0.717, 1.165) is 10.0 Å². The second-order valence-corrected chi connectivity index (χ2v) is 8.90. The van der Waals surface area contributed by atoms with E-state index in [1.807, 2.05) is 38.1 Å². The van der Waals surface area contributed by atoms with Crippen LogP contribution in [0.2, 0.25) is 5.02 Å². The molecule has 0 saturated carbocycles. The van der Waals surface area contributed by atoms with Gasteiger partial charge in [-0.2, -0.15) is 0 Å². The smallest absolute Gasteiger partial charge is 0.290 e. The van der Waals surface area contributed by atoms with Gasteiger partial charge in [-0.25, -0.2) is 0 Å². The molecule has 2 aromatic carbocycles. The van der Waals surface area contributed by atoms with Gasteiger partial charge in [-0.3, -0.25) is 9.59 Å². The van der Waals surface area contributed by atoms with Crippen molar-refractivity contribution in [3.63, 3.8) is 0 Å². The molecule has 0 saturated heterocycles. The summed E-state index contributed by atoms with van der Waals surface area (Å²) in [7, 11) is 0. The molecule has 0 radical (unpaired) electrons. The molecular formula is C23H21BrClNO4. The van der Waals surface area contributed by atoms with Gasteiger partial charge in [0.2, 0.25) is 5.76 Å². The molecule has 1 aliphatic rings. The van der Waals surface area contributed by atoms with Crippen LogP contribution >= 0.6 is 27.5 Å². The van der Waals surface area contributed by atoms with Gasteiger partial charge in [-0.05, 0) is 56.2 Å². The number of carbonyl (C=O) groups is 1. The van der Waals surface area contributed by atoms with Crippen molar-refractivity contribution < 1.29 is 13.9 Å². The summed E-state index contributed by atoms with van der Waals surface area (Å²) in [6.07, 6.45) is 0.776. The van der Waals surface area contributed by atoms with Crippen LogP contribution in [0.15, 0.2) is 56.1 Å². The average Bonchev–Trinajstić information content (AvgIpc) is 2.98. The third-order valence-electron chi connectivity index (χ3n) is 5.09. The summed E-state index contributed by atoms with van der Waals surface area (Å²) in [4.78, 5) is 28.4. The summed E-state index contributed by atoms with van der Waals surface area (Å²) >= 11 is 9.59. The molecule has 3 aromatic rings. The molecule has 0 spiro atoms. The second-order valence-electron chi connectivity index (χ2n) is 7.54. The molecule has 0 fully saturated rings. The van der Waals surface area contributed by atoms with Crippen LogP contribution in [0, 0.1) is 0 Å². The number of benzene rings is 2. The Morgan fingerprint density at radius 3 is 2.73 bits per heavy atom. The van der Waals surface area contributed by atoms with Crippen molar-refractivity contribution in [3.05, 3.63) is 79.1 Å². The van der Waals surface area contributed by atoms with Crippen LogP contribution < -0.4 is 5.43 Å². The van der Waals surface area contributed by atoms with Crippen molar-refractivity contribution in [1.29, 1.82) is 0 Å². The van der Waals surface area contributed by atoms with E-state index in [1.54, 1.807) is 23.1 Å². The van der Waals surface area contributed by atoms with Crippen LogP contribution in [0.3, 0.4) is 0 Å². The fourth-order valence-electron chi connectivity index (χ4n) is 3.80. The fraction of sp³-hybridized carbons (Fsp3) is 0.304. The maximum atomic E-state index is 13.4. The molecule has 0 unspecified atom stereocenters. The number of ether oxygens (including phenoxy) is 1. The Balaban J connectivity index is 1.83. The maximum Gasteiger partial charge on any atom is 0.290 e. The Bertz CT molecular complexity index is 1170. The molecule has 156 valence electrons. The van der Waals surface area contributed by atoms with E-state index >= 15 is 0 Å². The zero-order valence-electron chi connectivity index (χ0n) is 16.7. The topological polar surface area (TPSA) is 59.8 Å². The molecule has 1 aliphatic heterocycles. The normalized spacial score (nSPS) is 16.0. The van der Waals surface area contributed by atoms with Gasteiger partial charge in [0.05, 0.1) is 23.1 Å². The highest BCUT2D eigenvalue weighted by Crippen LogP contribution is 2.39. The molecule has 0 N–H and O–H groups in total. The first kappa shape index (κ1) is 21.1. The number of carbonyl (C=O) groups excluding carboxylic acids is 1. The zero-order chi connectivity index (χ0) is 21.4. The minimum atomic E-state index is -0.524. The standard InChI is InChI=1S/C23H21BrClNO4/c1-13(2)29-10-4-9-26-20(14-5-3-6-15(24)11-14)19-21(27)17-12-16(25)7-8-18(17)30-22(19)23(26)28/h3,5-8,11-13,20H,4,9-10H2,1-2H3/t20-/m0/s1. The maximum absolute atomic E-state index is 13.4. The molecule has 30 heavy (non-hydrogen) atoms.